The molecule has 2 N–H and O–H groups in total. The van der Waals surface area contributed by atoms with Gasteiger partial charge in [-0.15, -0.1) is 0 Å². The van der Waals surface area contributed by atoms with Gasteiger partial charge in [-0.3, -0.25) is 9.59 Å². The lowest BCUT2D eigenvalue weighted by atomic mass is 9.93. The molecule has 1 saturated carbocycles. The van der Waals surface area contributed by atoms with E-state index in [0.29, 0.717) is 25.0 Å². The van der Waals surface area contributed by atoms with Crippen LogP contribution in [0, 0.1) is 0 Å². The Kier molecular flexibility index (Phi) is 3.87. The molecule has 1 heterocycles. The van der Waals surface area contributed by atoms with E-state index >= 15 is 0 Å². The predicted molar refractivity (Wildman–Crippen MR) is 66.8 cm³/mol. The molecule has 0 spiro atoms. The molecule has 0 atom stereocenters. The minimum absolute atomic E-state index is 0.0436. The van der Waals surface area contributed by atoms with Crippen LogP contribution in [0.4, 0.5) is 0 Å². The number of hydrogen-bond acceptors (Lipinski definition) is 4. The van der Waals surface area contributed by atoms with Gasteiger partial charge in [0.25, 0.3) is 5.91 Å². The van der Waals surface area contributed by atoms with Crippen molar-refractivity contribution >= 4 is 11.9 Å². The number of carboxylic acid groups (broad SMARTS) is 1. The number of aromatic nitrogens is 1. The van der Waals surface area contributed by atoms with Crippen LogP contribution in [0.15, 0.2) is 10.8 Å². The Labute approximate surface area is 111 Å². The van der Waals surface area contributed by atoms with Crippen LogP contribution in [0.1, 0.15) is 55.3 Å². The Morgan fingerprint density at radius 1 is 1.47 bits per heavy atom. The van der Waals surface area contributed by atoms with Gasteiger partial charge in [-0.05, 0) is 12.8 Å². The third kappa shape index (κ3) is 2.94. The minimum Gasteiger partial charge on any atom is -0.481 e. The predicted octanol–water partition coefficient (Wildman–Crippen LogP) is 1.75. The second-order valence-corrected chi connectivity index (χ2v) is 4.99. The third-order valence-corrected chi connectivity index (χ3v) is 3.61. The highest BCUT2D eigenvalue weighted by atomic mass is 16.4. The fourth-order valence-corrected chi connectivity index (χ4v) is 2.69. The van der Waals surface area contributed by atoms with E-state index in [9.17, 15) is 9.59 Å². The summed E-state index contributed by atoms with van der Waals surface area (Å²) in [4.78, 5) is 27.1. The SMILES string of the molecule is CCc1ocnc1C(=O)NC1(CC(=O)O)CCCC1. The fourth-order valence-electron chi connectivity index (χ4n) is 2.69. The highest BCUT2D eigenvalue weighted by Gasteiger charge is 2.38. The zero-order valence-electron chi connectivity index (χ0n) is 10.9. The number of oxazole rings is 1. The van der Waals surface area contributed by atoms with Crippen molar-refractivity contribution in [1.29, 1.82) is 0 Å². The van der Waals surface area contributed by atoms with Gasteiger partial charge in [-0.25, -0.2) is 4.98 Å². The van der Waals surface area contributed by atoms with E-state index < -0.39 is 11.5 Å². The van der Waals surface area contributed by atoms with E-state index in [1.165, 1.54) is 6.39 Å². The first-order valence-corrected chi connectivity index (χ1v) is 6.53. The molecule has 0 radical (unpaired) electrons. The summed E-state index contributed by atoms with van der Waals surface area (Å²) in [5, 5.41) is 11.9. The normalized spacial score (nSPS) is 17.3. The maximum absolute atomic E-state index is 12.2. The van der Waals surface area contributed by atoms with Crippen molar-refractivity contribution in [3.05, 3.63) is 17.8 Å². The zero-order chi connectivity index (χ0) is 13.9. The Balaban J connectivity index is 2.13. The van der Waals surface area contributed by atoms with Gasteiger partial charge in [0.1, 0.15) is 5.76 Å². The van der Waals surface area contributed by atoms with E-state index in [-0.39, 0.29) is 18.0 Å². The summed E-state index contributed by atoms with van der Waals surface area (Å²) < 4.78 is 5.13. The molecule has 1 aliphatic carbocycles. The van der Waals surface area contributed by atoms with Crippen molar-refractivity contribution in [2.24, 2.45) is 0 Å². The van der Waals surface area contributed by atoms with Gasteiger partial charge < -0.3 is 14.8 Å². The van der Waals surface area contributed by atoms with Crippen LogP contribution in [-0.4, -0.2) is 27.5 Å². The Morgan fingerprint density at radius 3 is 2.74 bits per heavy atom. The van der Waals surface area contributed by atoms with E-state index in [2.05, 4.69) is 10.3 Å². The molecule has 1 fully saturated rings. The first-order valence-electron chi connectivity index (χ1n) is 6.53. The molecule has 1 amide bonds. The number of aliphatic carboxylic acids is 1. The van der Waals surface area contributed by atoms with Crippen molar-refractivity contribution in [3.63, 3.8) is 0 Å². The lowest BCUT2D eigenvalue weighted by molar-refractivity contribution is -0.138. The van der Waals surface area contributed by atoms with Crippen LogP contribution < -0.4 is 5.32 Å². The first kappa shape index (κ1) is 13.6. The lowest BCUT2D eigenvalue weighted by Gasteiger charge is -2.28. The zero-order valence-corrected chi connectivity index (χ0v) is 10.9. The molecule has 0 bridgehead atoms. The molecule has 0 unspecified atom stereocenters. The summed E-state index contributed by atoms with van der Waals surface area (Å²) in [7, 11) is 0. The molecule has 2 rings (SSSR count). The van der Waals surface area contributed by atoms with Crippen molar-refractivity contribution in [2.45, 2.75) is 51.0 Å². The van der Waals surface area contributed by atoms with Gasteiger partial charge in [0.05, 0.1) is 12.0 Å². The monoisotopic (exact) mass is 266 g/mol. The number of rotatable bonds is 5. The molecule has 0 aromatic carbocycles. The lowest BCUT2D eigenvalue weighted by Crippen LogP contribution is -2.48. The Hall–Kier alpha value is -1.85. The maximum atomic E-state index is 12.2. The number of aryl methyl sites for hydroxylation is 1. The van der Waals surface area contributed by atoms with Crippen molar-refractivity contribution in [1.82, 2.24) is 10.3 Å². The molecule has 1 aromatic heterocycles. The number of amides is 1. The molecule has 0 saturated heterocycles. The molecular weight excluding hydrogens is 248 g/mol. The minimum atomic E-state index is -0.891. The Bertz CT molecular complexity index is 475. The average molecular weight is 266 g/mol. The van der Waals surface area contributed by atoms with E-state index in [4.69, 9.17) is 9.52 Å². The highest BCUT2D eigenvalue weighted by Crippen LogP contribution is 2.33. The largest absolute Gasteiger partial charge is 0.481 e. The van der Waals surface area contributed by atoms with Crippen molar-refractivity contribution in [3.8, 4) is 0 Å². The van der Waals surface area contributed by atoms with Gasteiger partial charge in [0.2, 0.25) is 0 Å². The quantitative estimate of drug-likeness (QED) is 0.847. The summed E-state index contributed by atoms with van der Waals surface area (Å²) in [6, 6.07) is 0. The summed E-state index contributed by atoms with van der Waals surface area (Å²) in [6.07, 6.45) is 5.05. The van der Waals surface area contributed by atoms with Gasteiger partial charge in [-0.2, -0.15) is 0 Å². The summed E-state index contributed by atoms with van der Waals surface area (Å²) >= 11 is 0. The first-order chi connectivity index (χ1) is 9.06. The van der Waals surface area contributed by atoms with Crippen LogP contribution in [-0.2, 0) is 11.2 Å². The molecule has 6 heteroatoms. The second-order valence-electron chi connectivity index (χ2n) is 4.99. The summed E-state index contributed by atoms with van der Waals surface area (Å²) in [5.41, 5.74) is -0.369. The van der Waals surface area contributed by atoms with Crippen LogP contribution >= 0.6 is 0 Å². The summed E-state index contributed by atoms with van der Waals surface area (Å²) in [5.74, 6) is -0.701. The van der Waals surface area contributed by atoms with Gasteiger partial charge in [0, 0.05) is 6.42 Å². The molecule has 19 heavy (non-hydrogen) atoms. The molecular formula is C13H18N2O4. The Morgan fingerprint density at radius 2 is 2.16 bits per heavy atom. The van der Waals surface area contributed by atoms with E-state index in [1.54, 1.807) is 0 Å². The average Bonchev–Trinajstić information content (AvgIpc) is 2.96. The number of nitrogens with zero attached hydrogens (tertiary/aromatic N) is 1. The standard InChI is InChI=1S/C13H18N2O4/c1-2-9-11(14-8-19-9)12(18)15-13(7-10(16)17)5-3-4-6-13/h8H,2-7H2,1H3,(H,15,18)(H,16,17). The van der Waals surface area contributed by atoms with E-state index in [0.717, 1.165) is 12.8 Å². The molecule has 104 valence electrons. The molecule has 1 aliphatic rings. The van der Waals surface area contributed by atoms with Gasteiger partial charge in [0.15, 0.2) is 12.1 Å². The number of carbonyl (C=O) groups is 2. The number of hydrogen-bond donors (Lipinski definition) is 2. The fraction of sp³-hybridized carbons (Fsp3) is 0.615. The molecule has 6 nitrogen and oxygen atoms in total. The molecule has 1 aromatic rings. The summed E-state index contributed by atoms with van der Waals surface area (Å²) in [6.45, 7) is 1.87. The second kappa shape index (κ2) is 5.42. The van der Waals surface area contributed by atoms with Crippen LogP contribution in [0.3, 0.4) is 0 Å². The van der Waals surface area contributed by atoms with Gasteiger partial charge in [-0.1, -0.05) is 19.8 Å². The van der Waals surface area contributed by atoms with Crippen LogP contribution in [0.5, 0.6) is 0 Å². The van der Waals surface area contributed by atoms with Crippen LogP contribution in [0.25, 0.3) is 0 Å². The third-order valence-electron chi connectivity index (χ3n) is 3.61. The topological polar surface area (TPSA) is 92.4 Å². The smallest absolute Gasteiger partial charge is 0.305 e. The number of carboxylic acids is 1. The highest BCUT2D eigenvalue weighted by molar-refractivity contribution is 5.94. The maximum Gasteiger partial charge on any atom is 0.305 e. The van der Waals surface area contributed by atoms with Crippen molar-refractivity contribution in [2.75, 3.05) is 0 Å². The van der Waals surface area contributed by atoms with Crippen molar-refractivity contribution < 1.29 is 19.1 Å². The van der Waals surface area contributed by atoms with Crippen LogP contribution in [0.2, 0.25) is 0 Å². The van der Waals surface area contributed by atoms with E-state index in [1.807, 2.05) is 6.92 Å². The number of carbonyl (C=O) groups excluding carboxylic acids is 1. The number of nitrogens with one attached hydrogen (secondary N) is 1. The van der Waals surface area contributed by atoms with Gasteiger partial charge >= 0.3 is 5.97 Å². The molecule has 0 aliphatic heterocycles.